The van der Waals surface area contributed by atoms with Gasteiger partial charge in [-0.25, -0.2) is 4.98 Å². The van der Waals surface area contributed by atoms with Crippen LogP contribution in [0.25, 0.3) is 0 Å². The Morgan fingerprint density at radius 1 is 1.53 bits per heavy atom. The van der Waals surface area contributed by atoms with E-state index in [0.29, 0.717) is 5.69 Å². The first-order chi connectivity index (χ1) is 8.36. The molecule has 6 heteroatoms. The molecule has 1 fully saturated rings. The molecule has 1 saturated heterocycles. The summed E-state index contributed by atoms with van der Waals surface area (Å²) in [5.74, 6) is -0.0634. The molecule has 1 amide bonds. The molecular weight excluding hydrogens is 236 g/mol. The highest BCUT2D eigenvalue weighted by molar-refractivity contribution is 7.07. The van der Waals surface area contributed by atoms with Crippen LogP contribution < -0.4 is 10.6 Å². The average Bonchev–Trinajstić information content (AvgIpc) is 2.89. The predicted molar refractivity (Wildman–Crippen MR) is 68.4 cm³/mol. The molecule has 0 atom stereocenters. The fraction of sp³-hybridized carbons (Fsp3) is 0.636. The van der Waals surface area contributed by atoms with Gasteiger partial charge in [0.25, 0.3) is 5.91 Å². The van der Waals surface area contributed by atoms with Gasteiger partial charge in [0.05, 0.1) is 5.51 Å². The fourth-order valence-electron chi connectivity index (χ4n) is 1.85. The lowest BCUT2D eigenvalue weighted by atomic mass is 10.3. The van der Waals surface area contributed by atoms with E-state index in [9.17, 15) is 4.79 Å². The van der Waals surface area contributed by atoms with E-state index < -0.39 is 0 Å². The Hall–Kier alpha value is -0.980. The molecule has 0 saturated carbocycles. The summed E-state index contributed by atoms with van der Waals surface area (Å²) in [6.07, 6.45) is 0.996. The minimum absolute atomic E-state index is 0.0634. The highest BCUT2D eigenvalue weighted by atomic mass is 32.1. The monoisotopic (exact) mass is 254 g/mol. The standard InChI is InChI=1S/C11H18N4OS/c16-11(10-8-17-9-14-10)13-2-1-5-15-6-3-12-4-7-15/h8-9,12H,1-7H2,(H,13,16). The van der Waals surface area contributed by atoms with Crippen molar-refractivity contribution < 1.29 is 4.79 Å². The molecule has 0 spiro atoms. The number of nitrogens with one attached hydrogen (secondary N) is 2. The molecule has 1 aromatic heterocycles. The van der Waals surface area contributed by atoms with Crippen LogP contribution in [0.4, 0.5) is 0 Å². The summed E-state index contributed by atoms with van der Waals surface area (Å²) in [6, 6.07) is 0. The summed E-state index contributed by atoms with van der Waals surface area (Å²) in [5, 5.41) is 7.98. The lowest BCUT2D eigenvalue weighted by molar-refractivity contribution is 0.0947. The zero-order valence-electron chi connectivity index (χ0n) is 9.82. The summed E-state index contributed by atoms with van der Waals surface area (Å²) in [4.78, 5) is 18.0. The van der Waals surface area contributed by atoms with Crippen molar-refractivity contribution in [2.45, 2.75) is 6.42 Å². The first-order valence-electron chi connectivity index (χ1n) is 5.96. The lowest BCUT2D eigenvalue weighted by Gasteiger charge is -2.26. The van der Waals surface area contributed by atoms with Gasteiger partial charge in [0.15, 0.2) is 0 Å². The zero-order chi connectivity index (χ0) is 11.9. The van der Waals surface area contributed by atoms with Gasteiger partial charge in [0, 0.05) is 38.1 Å². The molecular formula is C11H18N4OS. The molecule has 2 N–H and O–H groups in total. The van der Waals surface area contributed by atoms with Gasteiger partial charge < -0.3 is 15.5 Å². The number of aromatic nitrogens is 1. The molecule has 5 nitrogen and oxygen atoms in total. The molecule has 1 aliphatic rings. The van der Waals surface area contributed by atoms with E-state index in [2.05, 4.69) is 20.5 Å². The summed E-state index contributed by atoms with van der Waals surface area (Å²) in [6.45, 7) is 6.15. The molecule has 17 heavy (non-hydrogen) atoms. The highest BCUT2D eigenvalue weighted by Crippen LogP contribution is 2.00. The molecule has 0 unspecified atom stereocenters. The molecule has 0 aromatic carbocycles. The van der Waals surface area contributed by atoms with Crippen LogP contribution in [0.3, 0.4) is 0 Å². The number of hydrogen-bond acceptors (Lipinski definition) is 5. The number of piperazine rings is 1. The minimum atomic E-state index is -0.0634. The number of carbonyl (C=O) groups excluding carboxylic acids is 1. The molecule has 2 rings (SSSR count). The number of carbonyl (C=O) groups is 1. The number of nitrogens with zero attached hydrogens (tertiary/aromatic N) is 2. The third kappa shape index (κ3) is 4.07. The van der Waals surface area contributed by atoms with Crippen LogP contribution >= 0.6 is 11.3 Å². The van der Waals surface area contributed by atoms with Gasteiger partial charge in [-0.1, -0.05) is 0 Å². The number of hydrogen-bond donors (Lipinski definition) is 2. The number of thiazole rings is 1. The van der Waals surface area contributed by atoms with Crippen molar-refractivity contribution in [2.75, 3.05) is 39.3 Å². The third-order valence-corrected chi connectivity index (χ3v) is 3.40. The van der Waals surface area contributed by atoms with Crippen molar-refractivity contribution >= 4 is 17.2 Å². The number of amides is 1. The van der Waals surface area contributed by atoms with Crippen LogP contribution in [0, 0.1) is 0 Å². The Kier molecular flexibility index (Phi) is 4.90. The predicted octanol–water partition coefficient (Wildman–Crippen LogP) is 0.168. The summed E-state index contributed by atoms with van der Waals surface area (Å²) < 4.78 is 0. The second kappa shape index (κ2) is 6.68. The second-order valence-electron chi connectivity index (χ2n) is 4.07. The summed E-state index contributed by atoms with van der Waals surface area (Å²) >= 11 is 1.44. The Labute approximate surface area is 105 Å². The van der Waals surface area contributed by atoms with Crippen LogP contribution in [0.2, 0.25) is 0 Å². The first kappa shape index (κ1) is 12.5. The van der Waals surface area contributed by atoms with Crippen molar-refractivity contribution in [3.63, 3.8) is 0 Å². The van der Waals surface area contributed by atoms with E-state index in [-0.39, 0.29) is 5.91 Å². The van der Waals surface area contributed by atoms with Gasteiger partial charge in [0.2, 0.25) is 0 Å². The maximum Gasteiger partial charge on any atom is 0.270 e. The van der Waals surface area contributed by atoms with Gasteiger partial charge in [-0.15, -0.1) is 11.3 Å². The van der Waals surface area contributed by atoms with Gasteiger partial charge in [0.1, 0.15) is 5.69 Å². The van der Waals surface area contributed by atoms with Crippen molar-refractivity contribution in [2.24, 2.45) is 0 Å². The van der Waals surface area contributed by atoms with E-state index in [1.807, 2.05) is 0 Å². The van der Waals surface area contributed by atoms with E-state index >= 15 is 0 Å². The molecule has 94 valence electrons. The normalized spacial score (nSPS) is 16.9. The van der Waals surface area contributed by atoms with Gasteiger partial charge in [-0.2, -0.15) is 0 Å². The Balaban J connectivity index is 1.58. The quantitative estimate of drug-likeness (QED) is 0.735. The average molecular weight is 254 g/mol. The van der Waals surface area contributed by atoms with Crippen LogP contribution in [0.1, 0.15) is 16.9 Å². The highest BCUT2D eigenvalue weighted by Gasteiger charge is 2.09. The summed E-state index contributed by atoms with van der Waals surface area (Å²) in [5.41, 5.74) is 2.20. The largest absolute Gasteiger partial charge is 0.351 e. The third-order valence-electron chi connectivity index (χ3n) is 2.81. The van der Waals surface area contributed by atoms with Crippen molar-refractivity contribution in [3.05, 3.63) is 16.6 Å². The van der Waals surface area contributed by atoms with Crippen LogP contribution in [-0.4, -0.2) is 55.1 Å². The van der Waals surface area contributed by atoms with E-state index in [0.717, 1.165) is 45.7 Å². The van der Waals surface area contributed by atoms with E-state index in [1.165, 1.54) is 11.3 Å². The molecule has 1 aliphatic heterocycles. The Bertz CT molecular complexity index is 335. The lowest BCUT2D eigenvalue weighted by Crippen LogP contribution is -2.44. The van der Waals surface area contributed by atoms with Crippen LogP contribution in [0.15, 0.2) is 10.9 Å². The molecule has 0 radical (unpaired) electrons. The van der Waals surface area contributed by atoms with Gasteiger partial charge in [-0.05, 0) is 13.0 Å². The minimum Gasteiger partial charge on any atom is -0.351 e. The van der Waals surface area contributed by atoms with Crippen LogP contribution in [-0.2, 0) is 0 Å². The van der Waals surface area contributed by atoms with Crippen molar-refractivity contribution in [1.29, 1.82) is 0 Å². The molecule has 1 aromatic rings. The maximum atomic E-state index is 11.6. The van der Waals surface area contributed by atoms with Crippen molar-refractivity contribution in [1.82, 2.24) is 20.5 Å². The van der Waals surface area contributed by atoms with Gasteiger partial charge in [-0.3, -0.25) is 4.79 Å². The Morgan fingerprint density at radius 3 is 3.06 bits per heavy atom. The Morgan fingerprint density at radius 2 is 2.35 bits per heavy atom. The summed E-state index contributed by atoms with van der Waals surface area (Å²) in [7, 11) is 0. The van der Waals surface area contributed by atoms with Crippen LogP contribution in [0.5, 0.6) is 0 Å². The maximum absolute atomic E-state index is 11.6. The topological polar surface area (TPSA) is 57.3 Å². The smallest absolute Gasteiger partial charge is 0.270 e. The van der Waals surface area contributed by atoms with Crippen molar-refractivity contribution in [3.8, 4) is 0 Å². The number of rotatable bonds is 5. The SMILES string of the molecule is O=C(NCCCN1CCNCC1)c1cscn1. The fourth-order valence-corrected chi connectivity index (χ4v) is 2.39. The molecule has 0 aliphatic carbocycles. The van der Waals surface area contributed by atoms with E-state index in [4.69, 9.17) is 0 Å². The van der Waals surface area contributed by atoms with E-state index in [1.54, 1.807) is 10.9 Å². The second-order valence-corrected chi connectivity index (χ2v) is 4.79. The first-order valence-corrected chi connectivity index (χ1v) is 6.90. The van der Waals surface area contributed by atoms with Gasteiger partial charge >= 0.3 is 0 Å². The molecule has 0 bridgehead atoms. The zero-order valence-corrected chi connectivity index (χ0v) is 10.6. The molecule has 2 heterocycles.